The van der Waals surface area contributed by atoms with E-state index in [0.29, 0.717) is 36.4 Å². The van der Waals surface area contributed by atoms with Crippen molar-refractivity contribution in [3.05, 3.63) is 54.6 Å². The Balaban J connectivity index is 1.49. The van der Waals surface area contributed by atoms with Crippen molar-refractivity contribution in [2.75, 3.05) is 30.9 Å². The zero-order valence-electron chi connectivity index (χ0n) is 20.4. The Bertz CT molecular complexity index is 1160. The fraction of sp³-hybridized carbons (Fsp3) is 0.444. The first-order chi connectivity index (χ1) is 17.4. The first kappa shape index (κ1) is 24.3. The number of anilines is 2. The number of β-amino-alcohol motifs (C(OH)–C–C–N with tert-alkyl or cyclic N) is 1. The van der Waals surface area contributed by atoms with Crippen LogP contribution in [0, 0.1) is 11.8 Å². The zero-order valence-corrected chi connectivity index (χ0v) is 20.4. The molecule has 2 aromatic rings. The van der Waals surface area contributed by atoms with Crippen molar-refractivity contribution in [3.63, 3.8) is 0 Å². The summed E-state index contributed by atoms with van der Waals surface area (Å²) in [5, 5.41) is 15.6. The molecule has 0 aliphatic carbocycles. The van der Waals surface area contributed by atoms with E-state index in [1.165, 1.54) is 4.90 Å². The summed E-state index contributed by atoms with van der Waals surface area (Å²) < 4.78 is 11.8. The number of nitrogens with one attached hydrogen (secondary N) is 2. The van der Waals surface area contributed by atoms with Crippen molar-refractivity contribution >= 4 is 29.1 Å². The highest BCUT2D eigenvalue weighted by molar-refractivity contribution is 6.05. The van der Waals surface area contributed by atoms with Crippen LogP contribution in [0.4, 0.5) is 11.4 Å². The third-order valence-corrected chi connectivity index (χ3v) is 7.95. The van der Waals surface area contributed by atoms with E-state index < -0.39 is 35.0 Å². The molecule has 0 radical (unpaired) electrons. The van der Waals surface area contributed by atoms with Crippen LogP contribution in [0.2, 0.25) is 0 Å². The summed E-state index contributed by atoms with van der Waals surface area (Å²) in [4.78, 5) is 42.5. The molecule has 0 saturated carbocycles. The minimum absolute atomic E-state index is 0.0205. The number of rotatable bonds is 8. The molecule has 9 heteroatoms. The average molecular weight is 494 g/mol. The van der Waals surface area contributed by atoms with Crippen molar-refractivity contribution in [2.24, 2.45) is 11.8 Å². The van der Waals surface area contributed by atoms with Gasteiger partial charge in [-0.15, -0.1) is 0 Å². The number of benzene rings is 2. The van der Waals surface area contributed by atoms with Crippen LogP contribution in [0.5, 0.6) is 5.75 Å². The van der Waals surface area contributed by atoms with Gasteiger partial charge in [0, 0.05) is 17.9 Å². The molecule has 0 aromatic heterocycles. The smallest absolute Gasteiger partial charge is 0.250 e. The number of hydrogen-bond acceptors (Lipinski definition) is 6. The molecule has 3 fully saturated rings. The van der Waals surface area contributed by atoms with E-state index in [4.69, 9.17) is 9.47 Å². The van der Waals surface area contributed by atoms with Gasteiger partial charge in [-0.25, -0.2) is 0 Å². The molecule has 9 nitrogen and oxygen atoms in total. The Morgan fingerprint density at radius 2 is 1.72 bits per heavy atom. The lowest BCUT2D eigenvalue weighted by molar-refractivity contribution is -0.144. The van der Waals surface area contributed by atoms with Crippen molar-refractivity contribution < 1.29 is 29.0 Å². The van der Waals surface area contributed by atoms with E-state index >= 15 is 0 Å². The van der Waals surface area contributed by atoms with E-state index in [1.54, 1.807) is 43.5 Å². The number of nitrogens with zero attached hydrogens (tertiary/aromatic N) is 1. The third kappa shape index (κ3) is 3.65. The second kappa shape index (κ2) is 9.22. The van der Waals surface area contributed by atoms with Gasteiger partial charge in [0.05, 0.1) is 31.2 Å². The monoisotopic (exact) mass is 493 g/mol. The van der Waals surface area contributed by atoms with Gasteiger partial charge in [0.15, 0.2) is 0 Å². The predicted octanol–water partition coefficient (Wildman–Crippen LogP) is 2.42. The highest BCUT2D eigenvalue weighted by Gasteiger charge is 2.78. The maximum Gasteiger partial charge on any atom is 0.250 e. The van der Waals surface area contributed by atoms with Crippen LogP contribution in [-0.2, 0) is 19.1 Å². The molecule has 3 saturated heterocycles. The SMILES string of the molecule is CC[C@]12CCC3(O1)C(C(=O)Nc1ccc(OC)cc1)N(CCO)C(=O)[C@@H]3[C@H]2C(=O)Nc1ccccc1. The molecule has 3 N–H and O–H groups in total. The van der Waals surface area contributed by atoms with Crippen LogP contribution in [-0.4, -0.2) is 65.2 Å². The van der Waals surface area contributed by atoms with Gasteiger partial charge in [0.1, 0.15) is 17.4 Å². The summed E-state index contributed by atoms with van der Waals surface area (Å²) in [5.74, 6) is -1.93. The molecule has 1 spiro atoms. The summed E-state index contributed by atoms with van der Waals surface area (Å²) >= 11 is 0. The number of hydrogen-bond donors (Lipinski definition) is 3. The lowest BCUT2D eigenvalue weighted by Gasteiger charge is -2.33. The number of para-hydroxylation sites is 1. The molecule has 3 amide bonds. The molecule has 3 aliphatic heterocycles. The molecule has 5 rings (SSSR count). The normalized spacial score (nSPS) is 30.2. The fourth-order valence-corrected chi connectivity index (χ4v) is 6.39. The summed E-state index contributed by atoms with van der Waals surface area (Å²) in [6.45, 7) is 1.62. The van der Waals surface area contributed by atoms with E-state index in [9.17, 15) is 19.5 Å². The lowest BCUT2D eigenvalue weighted by atomic mass is 9.65. The first-order valence-electron chi connectivity index (χ1n) is 12.3. The standard InChI is InChI=1S/C27H31N3O6/c1-3-26-13-14-27(36-26)21(20(26)23(32)28-17-7-5-4-6-8-17)25(34)30(15-16-31)22(27)24(33)29-18-9-11-19(35-2)12-10-18/h4-12,20-22,31H,3,13-16H2,1-2H3,(H,28,32)(H,29,33)/t20-,21-,22?,26+,27?/m0/s1. The number of ether oxygens (including phenoxy) is 2. The van der Waals surface area contributed by atoms with E-state index in [-0.39, 0.29) is 25.0 Å². The lowest BCUT2D eigenvalue weighted by Crippen LogP contribution is -2.53. The Morgan fingerprint density at radius 3 is 2.36 bits per heavy atom. The van der Waals surface area contributed by atoms with Gasteiger partial charge in [0.25, 0.3) is 0 Å². The topological polar surface area (TPSA) is 117 Å². The fourth-order valence-electron chi connectivity index (χ4n) is 6.39. The minimum atomic E-state index is -1.14. The number of aliphatic hydroxyl groups excluding tert-OH is 1. The highest BCUT2D eigenvalue weighted by Crippen LogP contribution is 2.64. The molecule has 36 heavy (non-hydrogen) atoms. The Labute approximate surface area is 209 Å². The molecule has 2 unspecified atom stereocenters. The van der Waals surface area contributed by atoms with Crippen LogP contribution >= 0.6 is 0 Å². The molecule has 3 heterocycles. The van der Waals surface area contributed by atoms with E-state index in [0.717, 1.165) is 0 Å². The van der Waals surface area contributed by atoms with E-state index in [2.05, 4.69) is 10.6 Å². The van der Waals surface area contributed by atoms with Gasteiger partial charge in [-0.3, -0.25) is 14.4 Å². The number of aliphatic hydroxyl groups is 1. The summed E-state index contributed by atoms with van der Waals surface area (Å²) in [6.07, 6.45) is 1.59. The van der Waals surface area contributed by atoms with Crippen LogP contribution < -0.4 is 15.4 Å². The van der Waals surface area contributed by atoms with Crippen molar-refractivity contribution in [3.8, 4) is 5.75 Å². The molecular weight excluding hydrogens is 462 g/mol. The summed E-state index contributed by atoms with van der Waals surface area (Å²) in [5.41, 5.74) is -0.786. The molecule has 3 aliphatic rings. The Kier molecular flexibility index (Phi) is 6.22. The second-order valence-electron chi connectivity index (χ2n) is 9.66. The van der Waals surface area contributed by atoms with E-state index in [1.807, 2.05) is 25.1 Å². The van der Waals surface area contributed by atoms with Gasteiger partial charge in [0.2, 0.25) is 17.7 Å². The first-order valence-corrected chi connectivity index (χ1v) is 12.3. The van der Waals surface area contributed by atoms with Gasteiger partial charge in [-0.05, 0) is 55.7 Å². The maximum absolute atomic E-state index is 13.8. The number of carbonyl (C=O) groups is 3. The van der Waals surface area contributed by atoms with Gasteiger partial charge in [-0.2, -0.15) is 0 Å². The number of likely N-dealkylation sites (tertiary alicyclic amines) is 1. The maximum atomic E-state index is 13.8. The van der Waals surface area contributed by atoms with Gasteiger partial charge >= 0.3 is 0 Å². The van der Waals surface area contributed by atoms with Gasteiger partial charge in [-0.1, -0.05) is 25.1 Å². The summed E-state index contributed by atoms with van der Waals surface area (Å²) in [6, 6.07) is 15.0. The number of methoxy groups -OCH3 is 1. The highest BCUT2D eigenvalue weighted by atomic mass is 16.5. The second-order valence-corrected chi connectivity index (χ2v) is 9.66. The zero-order chi connectivity index (χ0) is 25.5. The largest absolute Gasteiger partial charge is 0.497 e. The molecular formula is C27H31N3O6. The number of amides is 3. The summed E-state index contributed by atoms with van der Waals surface area (Å²) in [7, 11) is 1.56. The van der Waals surface area contributed by atoms with Crippen LogP contribution in [0.15, 0.2) is 54.6 Å². The van der Waals surface area contributed by atoms with Crippen molar-refractivity contribution in [1.82, 2.24) is 4.90 Å². The minimum Gasteiger partial charge on any atom is -0.497 e. The third-order valence-electron chi connectivity index (χ3n) is 7.95. The predicted molar refractivity (Wildman–Crippen MR) is 132 cm³/mol. The van der Waals surface area contributed by atoms with Crippen molar-refractivity contribution in [2.45, 2.75) is 43.4 Å². The number of fused-ring (bicyclic) bond motifs is 1. The van der Waals surface area contributed by atoms with Crippen molar-refractivity contribution in [1.29, 1.82) is 0 Å². The quantitative estimate of drug-likeness (QED) is 0.520. The Hall–Kier alpha value is -3.43. The van der Waals surface area contributed by atoms with Crippen LogP contribution in [0.3, 0.4) is 0 Å². The van der Waals surface area contributed by atoms with Crippen LogP contribution in [0.1, 0.15) is 26.2 Å². The molecule has 2 aromatic carbocycles. The van der Waals surface area contributed by atoms with Gasteiger partial charge < -0.3 is 30.1 Å². The Morgan fingerprint density at radius 1 is 1.06 bits per heavy atom. The number of carbonyl (C=O) groups excluding carboxylic acids is 3. The average Bonchev–Trinajstić information content (AvgIpc) is 3.49. The molecule has 190 valence electrons. The molecule has 5 atom stereocenters. The molecule has 2 bridgehead atoms. The van der Waals surface area contributed by atoms with Crippen LogP contribution in [0.25, 0.3) is 0 Å².